The zero-order valence-corrected chi connectivity index (χ0v) is 9.99. The number of halogens is 2. The van der Waals surface area contributed by atoms with Gasteiger partial charge in [0.05, 0.1) is 5.69 Å². The number of benzene rings is 1. The van der Waals surface area contributed by atoms with Gasteiger partial charge in [0.15, 0.2) is 4.77 Å². The van der Waals surface area contributed by atoms with Crippen molar-refractivity contribution in [2.24, 2.45) is 0 Å². The van der Waals surface area contributed by atoms with Gasteiger partial charge in [0.25, 0.3) is 0 Å². The Balaban J connectivity index is 2.67. The highest BCUT2D eigenvalue weighted by molar-refractivity contribution is 7.71. The number of H-pyrrole nitrogens is 1. The number of aryl methyl sites for hydroxylation is 1. The second kappa shape index (κ2) is 4.31. The Hall–Kier alpha value is -1.26. The van der Waals surface area contributed by atoms with Crippen LogP contribution in [-0.2, 0) is 0 Å². The monoisotopic (exact) mass is 254 g/mol. The van der Waals surface area contributed by atoms with E-state index in [0.29, 0.717) is 21.1 Å². The fraction of sp³-hybridized carbons (Fsp3) is 0.0909. The largest absolute Gasteiger partial charge is 0.330 e. The molecule has 2 aromatic rings. The van der Waals surface area contributed by atoms with Gasteiger partial charge in [-0.15, -0.1) is 0 Å². The first kappa shape index (κ1) is 11.2. The van der Waals surface area contributed by atoms with Crippen LogP contribution >= 0.6 is 23.8 Å². The number of aromatic amines is 1. The minimum atomic E-state index is -0.382. The molecule has 16 heavy (non-hydrogen) atoms. The molecule has 0 aliphatic carbocycles. The first-order valence-electron chi connectivity index (χ1n) is 4.59. The van der Waals surface area contributed by atoms with E-state index in [1.54, 1.807) is 18.3 Å². The van der Waals surface area contributed by atoms with Crippen LogP contribution in [0.25, 0.3) is 11.3 Å². The summed E-state index contributed by atoms with van der Waals surface area (Å²) in [5.41, 5.74) is 1.90. The Morgan fingerprint density at radius 1 is 1.44 bits per heavy atom. The second-order valence-corrected chi connectivity index (χ2v) is 4.19. The first-order valence-corrected chi connectivity index (χ1v) is 5.38. The van der Waals surface area contributed by atoms with Crippen LogP contribution in [0.15, 0.2) is 24.4 Å². The van der Waals surface area contributed by atoms with Crippen molar-refractivity contribution in [2.75, 3.05) is 0 Å². The number of nitrogens with zero attached hydrogens (tertiary/aromatic N) is 1. The molecule has 0 saturated carbocycles. The third-order valence-corrected chi connectivity index (χ3v) is 2.64. The molecule has 0 aliphatic rings. The fourth-order valence-corrected chi connectivity index (χ4v) is 1.74. The van der Waals surface area contributed by atoms with Crippen molar-refractivity contribution < 1.29 is 4.39 Å². The fourth-order valence-electron chi connectivity index (χ4n) is 1.43. The lowest BCUT2D eigenvalue weighted by Gasteiger charge is -2.06. The third kappa shape index (κ3) is 2.13. The maximum Gasteiger partial charge on any atom is 0.197 e. The van der Waals surface area contributed by atoms with E-state index in [1.165, 1.54) is 6.07 Å². The lowest BCUT2D eigenvalue weighted by molar-refractivity contribution is 0.630. The molecule has 1 heterocycles. The molecule has 0 saturated heterocycles. The Morgan fingerprint density at radius 2 is 2.19 bits per heavy atom. The predicted molar refractivity (Wildman–Crippen MR) is 64.6 cm³/mol. The predicted octanol–water partition coefficient (Wildman–Crippen LogP) is 3.91. The molecular weight excluding hydrogens is 247 g/mol. The summed E-state index contributed by atoms with van der Waals surface area (Å²) in [5.74, 6) is -0.382. The maximum atomic E-state index is 13.7. The van der Waals surface area contributed by atoms with E-state index in [1.807, 2.05) is 6.92 Å². The summed E-state index contributed by atoms with van der Waals surface area (Å²) in [4.78, 5) is 6.80. The van der Waals surface area contributed by atoms with Gasteiger partial charge in [-0.3, -0.25) is 0 Å². The molecular formula is C11H8ClFN2S. The highest BCUT2D eigenvalue weighted by atomic mass is 35.5. The molecule has 0 amide bonds. The standard InChI is InChI=1S/C11H8ClFN2S/c1-6-5-14-11(16)15-10(6)8-3-2-7(12)4-9(8)13/h2-5H,1H3,(H,14,15,16). The summed E-state index contributed by atoms with van der Waals surface area (Å²) < 4.78 is 14.0. The van der Waals surface area contributed by atoms with Gasteiger partial charge in [-0.1, -0.05) is 11.6 Å². The van der Waals surface area contributed by atoms with Crippen molar-refractivity contribution in [3.8, 4) is 11.3 Å². The van der Waals surface area contributed by atoms with Crippen LogP contribution in [0.4, 0.5) is 4.39 Å². The zero-order chi connectivity index (χ0) is 11.7. The van der Waals surface area contributed by atoms with Crippen LogP contribution in [0.1, 0.15) is 5.56 Å². The van der Waals surface area contributed by atoms with Gasteiger partial charge in [0.1, 0.15) is 5.82 Å². The minimum Gasteiger partial charge on any atom is -0.330 e. The molecule has 5 heteroatoms. The Kier molecular flexibility index (Phi) is 3.03. The van der Waals surface area contributed by atoms with Crippen LogP contribution in [0.5, 0.6) is 0 Å². The molecule has 0 aliphatic heterocycles. The van der Waals surface area contributed by atoms with Crippen LogP contribution in [0.2, 0.25) is 5.02 Å². The van der Waals surface area contributed by atoms with Crippen LogP contribution in [0, 0.1) is 17.5 Å². The number of rotatable bonds is 1. The summed E-state index contributed by atoms with van der Waals surface area (Å²) in [6, 6.07) is 4.52. The topological polar surface area (TPSA) is 28.7 Å². The van der Waals surface area contributed by atoms with Gasteiger partial charge < -0.3 is 4.98 Å². The molecule has 82 valence electrons. The maximum absolute atomic E-state index is 13.7. The third-order valence-electron chi connectivity index (χ3n) is 2.20. The molecule has 0 spiro atoms. The van der Waals surface area contributed by atoms with Crippen molar-refractivity contribution in [1.29, 1.82) is 0 Å². The number of hydrogen-bond donors (Lipinski definition) is 1. The number of hydrogen-bond acceptors (Lipinski definition) is 2. The van der Waals surface area contributed by atoms with Gasteiger partial charge in [0, 0.05) is 16.8 Å². The lowest BCUT2D eigenvalue weighted by atomic mass is 10.1. The van der Waals surface area contributed by atoms with E-state index in [-0.39, 0.29) is 5.82 Å². The number of aromatic nitrogens is 2. The first-order chi connectivity index (χ1) is 7.58. The van der Waals surface area contributed by atoms with Crippen molar-refractivity contribution >= 4 is 23.8 Å². The second-order valence-electron chi connectivity index (χ2n) is 3.37. The normalized spacial score (nSPS) is 10.4. The minimum absolute atomic E-state index is 0.329. The number of nitrogens with one attached hydrogen (secondary N) is 1. The van der Waals surface area contributed by atoms with Gasteiger partial charge in [0.2, 0.25) is 0 Å². The average Bonchev–Trinajstić information content (AvgIpc) is 2.22. The molecule has 2 rings (SSSR count). The molecule has 0 bridgehead atoms. The van der Waals surface area contributed by atoms with Gasteiger partial charge >= 0.3 is 0 Å². The lowest BCUT2D eigenvalue weighted by Crippen LogP contribution is -1.93. The molecule has 0 fully saturated rings. The summed E-state index contributed by atoms with van der Waals surface area (Å²) in [6.07, 6.45) is 1.61. The summed E-state index contributed by atoms with van der Waals surface area (Å²) in [6.45, 7) is 1.83. The van der Waals surface area contributed by atoms with Crippen LogP contribution in [-0.4, -0.2) is 9.97 Å². The molecule has 2 nitrogen and oxygen atoms in total. The van der Waals surface area contributed by atoms with E-state index < -0.39 is 0 Å². The van der Waals surface area contributed by atoms with Gasteiger partial charge in [-0.25, -0.2) is 9.37 Å². The van der Waals surface area contributed by atoms with Gasteiger partial charge in [-0.05, 0) is 42.9 Å². The molecule has 0 atom stereocenters. The molecule has 1 aromatic heterocycles. The smallest absolute Gasteiger partial charge is 0.197 e. The van der Waals surface area contributed by atoms with Crippen molar-refractivity contribution in [1.82, 2.24) is 9.97 Å². The van der Waals surface area contributed by atoms with E-state index in [9.17, 15) is 4.39 Å². The quantitative estimate of drug-likeness (QED) is 0.782. The molecule has 1 aromatic carbocycles. The zero-order valence-electron chi connectivity index (χ0n) is 8.42. The van der Waals surface area contributed by atoms with Crippen molar-refractivity contribution in [3.63, 3.8) is 0 Å². The molecule has 0 radical (unpaired) electrons. The summed E-state index contributed by atoms with van der Waals surface area (Å²) >= 11 is 10.6. The Labute approximate surface area is 102 Å². The van der Waals surface area contributed by atoms with Crippen LogP contribution < -0.4 is 0 Å². The highest BCUT2D eigenvalue weighted by Gasteiger charge is 2.08. The SMILES string of the molecule is Cc1cnc(=S)[nH]c1-c1ccc(Cl)cc1F. The van der Waals surface area contributed by atoms with E-state index in [0.717, 1.165) is 5.56 Å². The van der Waals surface area contributed by atoms with Crippen molar-refractivity contribution in [2.45, 2.75) is 6.92 Å². The summed E-state index contributed by atoms with van der Waals surface area (Å²) in [7, 11) is 0. The Bertz CT molecular complexity index is 595. The Morgan fingerprint density at radius 3 is 2.88 bits per heavy atom. The van der Waals surface area contributed by atoms with Gasteiger partial charge in [-0.2, -0.15) is 0 Å². The molecule has 0 unspecified atom stereocenters. The molecule has 1 N–H and O–H groups in total. The van der Waals surface area contributed by atoms with E-state index in [2.05, 4.69) is 9.97 Å². The van der Waals surface area contributed by atoms with Crippen molar-refractivity contribution in [3.05, 3.63) is 45.6 Å². The highest BCUT2D eigenvalue weighted by Crippen LogP contribution is 2.25. The summed E-state index contributed by atoms with van der Waals surface area (Å²) in [5, 5.41) is 0.367. The van der Waals surface area contributed by atoms with E-state index >= 15 is 0 Å². The van der Waals surface area contributed by atoms with Crippen LogP contribution in [0.3, 0.4) is 0 Å². The van der Waals surface area contributed by atoms with E-state index in [4.69, 9.17) is 23.8 Å². The average molecular weight is 255 g/mol.